The van der Waals surface area contributed by atoms with Gasteiger partial charge in [0.15, 0.2) is 0 Å². The van der Waals surface area contributed by atoms with E-state index >= 15 is 0 Å². The molecule has 2 fully saturated rings. The summed E-state index contributed by atoms with van der Waals surface area (Å²) in [5.41, 5.74) is 2.51. The zero-order valence-corrected chi connectivity index (χ0v) is 19.1. The lowest BCUT2D eigenvalue weighted by Crippen LogP contribution is -2.49. The molecule has 9 nitrogen and oxygen atoms in total. The van der Waals surface area contributed by atoms with E-state index in [9.17, 15) is 19.7 Å². The van der Waals surface area contributed by atoms with Crippen molar-refractivity contribution >= 4 is 29.3 Å². The van der Waals surface area contributed by atoms with Crippen molar-refractivity contribution < 1.29 is 19.2 Å². The number of ether oxygens (including phenoxy) is 1. The van der Waals surface area contributed by atoms with Crippen LogP contribution in [0.4, 0.5) is 11.4 Å². The largest absolute Gasteiger partial charge is 0.378 e. The Hall–Kier alpha value is -3.72. The Morgan fingerprint density at radius 3 is 2.44 bits per heavy atom. The average Bonchev–Trinajstić information content (AvgIpc) is 2.87. The van der Waals surface area contributed by atoms with Crippen molar-refractivity contribution in [3.05, 3.63) is 64.2 Å². The lowest BCUT2D eigenvalue weighted by molar-refractivity contribution is -0.384. The molecular formula is C25H27N4O5. The monoisotopic (exact) mass is 463 g/mol. The number of anilines is 1. The van der Waals surface area contributed by atoms with Crippen LogP contribution < -0.4 is 4.90 Å². The summed E-state index contributed by atoms with van der Waals surface area (Å²) >= 11 is 0. The molecule has 2 aliphatic heterocycles. The third-order valence-electron chi connectivity index (χ3n) is 6.14. The number of nitro benzene ring substituents is 1. The minimum absolute atomic E-state index is 0.000521. The zero-order chi connectivity index (χ0) is 24.1. The molecule has 0 atom stereocenters. The number of hydrogen-bond donors (Lipinski definition) is 0. The number of morpholine rings is 1. The molecule has 0 aromatic heterocycles. The van der Waals surface area contributed by atoms with E-state index in [2.05, 4.69) is 11.0 Å². The first kappa shape index (κ1) is 23.4. The summed E-state index contributed by atoms with van der Waals surface area (Å²) in [6.45, 7) is 6.22. The Balaban J connectivity index is 1.61. The molecule has 0 unspecified atom stereocenters. The van der Waals surface area contributed by atoms with Crippen LogP contribution >= 0.6 is 0 Å². The Morgan fingerprint density at radius 2 is 1.76 bits per heavy atom. The van der Waals surface area contributed by atoms with Gasteiger partial charge in [0.2, 0.25) is 11.8 Å². The predicted molar refractivity (Wildman–Crippen MR) is 128 cm³/mol. The summed E-state index contributed by atoms with van der Waals surface area (Å²) in [6.07, 6.45) is 3.06. The molecule has 0 N–H and O–H groups in total. The van der Waals surface area contributed by atoms with Gasteiger partial charge in [-0.15, -0.1) is 0 Å². The smallest absolute Gasteiger partial charge is 0.285 e. The fourth-order valence-corrected chi connectivity index (χ4v) is 4.28. The van der Waals surface area contributed by atoms with Gasteiger partial charge in [-0.3, -0.25) is 19.7 Å². The molecule has 2 heterocycles. The van der Waals surface area contributed by atoms with E-state index in [4.69, 9.17) is 4.74 Å². The summed E-state index contributed by atoms with van der Waals surface area (Å²) in [7, 11) is 0. The van der Waals surface area contributed by atoms with Crippen LogP contribution in [-0.4, -0.2) is 79.0 Å². The van der Waals surface area contributed by atoms with Gasteiger partial charge < -0.3 is 19.4 Å². The Kier molecular flexibility index (Phi) is 7.22. The normalized spacial score (nSPS) is 16.7. The summed E-state index contributed by atoms with van der Waals surface area (Å²) < 4.78 is 5.43. The van der Waals surface area contributed by atoms with Crippen molar-refractivity contribution in [3.8, 4) is 11.1 Å². The highest BCUT2D eigenvalue weighted by Gasteiger charge is 2.23. The van der Waals surface area contributed by atoms with Gasteiger partial charge in [-0.2, -0.15) is 0 Å². The topological polar surface area (TPSA) is 96.2 Å². The maximum atomic E-state index is 12.8. The molecule has 2 aromatic carbocycles. The number of piperazine rings is 1. The number of amides is 2. The average molecular weight is 464 g/mol. The molecule has 0 saturated carbocycles. The van der Waals surface area contributed by atoms with Crippen LogP contribution in [0.3, 0.4) is 0 Å². The van der Waals surface area contributed by atoms with Crippen molar-refractivity contribution in [1.29, 1.82) is 0 Å². The maximum Gasteiger partial charge on any atom is 0.285 e. The summed E-state index contributed by atoms with van der Waals surface area (Å²) in [5.74, 6) is -0.189. The quantitative estimate of drug-likeness (QED) is 0.384. The lowest BCUT2D eigenvalue weighted by Gasteiger charge is -2.33. The molecule has 2 aliphatic rings. The van der Waals surface area contributed by atoms with Gasteiger partial charge in [-0.25, -0.2) is 0 Å². The van der Waals surface area contributed by atoms with Crippen molar-refractivity contribution in [1.82, 2.24) is 9.80 Å². The predicted octanol–water partition coefficient (Wildman–Crippen LogP) is 2.60. The number of benzene rings is 2. The van der Waals surface area contributed by atoms with E-state index in [0.29, 0.717) is 56.1 Å². The molecule has 34 heavy (non-hydrogen) atoms. The molecule has 177 valence electrons. The van der Waals surface area contributed by atoms with Crippen LogP contribution in [0.25, 0.3) is 17.2 Å². The van der Waals surface area contributed by atoms with Gasteiger partial charge in [0.25, 0.3) is 5.69 Å². The zero-order valence-electron chi connectivity index (χ0n) is 19.1. The van der Waals surface area contributed by atoms with Crippen molar-refractivity contribution in [3.63, 3.8) is 0 Å². The fraction of sp³-hybridized carbons (Fsp3) is 0.360. The molecule has 2 saturated heterocycles. The van der Waals surface area contributed by atoms with Crippen LogP contribution in [0, 0.1) is 16.2 Å². The van der Waals surface area contributed by atoms with Crippen LogP contribution in [0.1, 0.15) is 12.5 Å². The molecule has 1 radical (unpaired) electrons. The fourth-order valence-electron chi connectivity index (χ4n) is 4.28. The van der Waals surface area contributed by atoms with E-state index in [1.807, 2.05) is 24.3 Å². The minimum Gasteiger partial charge on any atom is -0.378 e. The van der Waals surface area contributed by atoms with E-state index in [1.54, 1.807) is 21.9 Å². The second-order valence-electron chi connectivity index (χ2n) is 8.23. The minimum atomic E-state index is -0.448. The molecule has 2 amide bonds. The Bertz CT molecular complexity index is 1100. The number of rotatable bonds is 5. The van der Waals surface area contributed by atoms with Crippen molar-refractivity contribution in [2.45, 2.75) is 6.92 Å². The molecule has 0 aliphatic carbocycles. The highest BCUT2D eigenvalue weighted by Crippen LogP contribution is 2.35. The summed E-state index contributed by atoms with van der Waals surface area (Å²) in [6, 6.07) is 13.6. The van der Waals surface area contributed by atoms with Crippen LogP contribution in [0.5, 0.6) is 0 Å². The van der Waals surface area contributed by atoms with Crippen molar-refractivity contribution in [2.24, 2.45) is 0 Å². The van der Waals surface area contributed by atoms with Gasteiger partial charge in [0.05, 0.1) is 29.8 Å². The van der Waals surface area contributed by atoms with E-state index in [1.165, 1.54) is 19.1 Å². The second-order valence-corrected chi connectivity index (χ2v) is 8.23. The lowest BCUT2D eigenvalue weighted by atomic mass is 9.96. The molecule has 2 aromatic rings. The van der Waals surface area contributed by atoms with Crippen LogP contribution in [0.2, 0.25) is 0 Å². The van der Waals surface area contributed by atoms with E-state index in [0.717, 1.165) is 18.8 Å². The number of carbonyl (C=O) groups excluding carboxylic acids is 2. The first-order valence-electron chi connectivity index (χ1n) is 11.3. The second kappa shape index (κ2) is 10.5. The third kappa shape index (κ3) is 5.26. The Morgan fingerprint density at radius 1 is 1.06 bits per heavy atom. The first-order valence-corrected chi connectivity index (χ1v) is 11.3. The highest BCUT2D eigenvalue weighted by molar-refractivity contribution is 5.94. The van der Waals surface area contributed by atoms with Crippen LogP contribution in [0.15, 0.2) is 42.5 Å². The van der Waals surface area contributed by atoms with Gasteiger partial charge in [-0.1, -0.05) is 18.2 Å². The molecular weight excluding hydrogens is 436 g/mol. The highest BCUT2D eigenvalue weighted by atomic mass is 16.6. The van der Waals surface area contributed by atoms with Crippen molar-refractivity contribution in [2.75, 3.05) is 57.4 Å². The Labute approximate surface area is 198 Å². The molecule has 4 rings (SSSR count). The molecule has 9 heteroatoms. The van der Waals surface area contributed by atoms with E-state index < -0.39 is 4.92 Å². The summed E-state index contributed by atoms with van der Waals surface area (Å²) in [4.78, 5) is 41.2. The molecule has 0 bridgehead atoms. The van der Waals surface area contributed by atoms with E-state index in [-0.39, 0.29) is 17.5 Å². The van der Waals surface area contributed by atoms with Gasteiger partial charge >= 0.3 is 0 Å². The molecule has 0 spiro atoms. The first-order chi connectivity index (χ1) is 16.4. The maximum absolute atomic E-state index is 12.8. The van der Waals surface area contributed by atoms with Gasteiger partial charge in [0.1, 0.15) is 0 Å². The van der Waals surface area contributed by atoms with Gasteiger partial charge in [0, 0.05) is 58.0 Å². The summed E-state index contributed by atoms with van der Waals surface area (Å²) in [5, 5.41) is 11.8. The number of nitro groups is 1. The number of nitrogens with zero attached hydrogens (tertiary/aromatic N) is 4. The van der Waals surface area contributed by atoms with Crippen LogP contribution in [-0.2, 0) is 14.3 Å². The standard InChI is InChI=1S/C25H27N4O5/c1-19(30)26-10-12-28(13-11-26)24(31)9-8-20-4-3-7-23(29(32)33)25(20)21-5-2-6-22(18-21)27-14-16-34-17-15-27/h2-6,8-9,18H,10-17H2,1H3/b9-8+. The SMILES string of the molecule is CC(=O)N1CCN(C(=O)/C=C/c2cc[c]c([N+](=O)[O-])c2-c2cccc(N3CCOCC3)c2)CC1. The van der Waals surface area contributed by atoms with Gasteiger partial charge in [-0.05, 0) is 35.4 Å². The third-order valence-corrected chi connectivity index (χ3v) is 6.14. The number of carbonyl (C=O) groups is 2. The number of hydrogen-bond acceptors (Lipinski definition) is 6.